The van der Waals surface area contributed by atoms with Crippen molar-refractivity contribution in [2.75, 3.05) is 39.9 Å². The Morgan fingerprint density at radius 3 is 1.83 bits per heavy atom. The molecule has 1 aromatic carbocycles. The summed E-state index contributed by atoms with van der Waals surface area (Å²) in [6.07, 6.45) is 2.34. The number of carbonyl (C=O) groups is 3. The van der Waals surface area contributed by atoms with Crippen molar-refractivity contribution in [1.29, 1.82) is 0 Å². The first-order valence-electron chi connectivity index (χ1n) is 9.57. The van der Waals surface area contributed by atoms with Crippen LogP contribution in [-0.4, -0.2) is 83.8 Å². The Hall–Kier alpha value is -2.81. The summed E-state index contributed by atoms with van der Waals surface area (Å²) in [5.41, 5.74) is 0. The highest BCUT2D eigenvalue weighted by Gasteiger charge is 2.24. The number of hydrogen-bond donors (Lipinski definition) is 2. The lowest BCUT2D eigenvalue weighted by molar-refractivity contribution is -0.159. The normalized spacial score (nSPS) is 14.0. The van der Waals surface area contributed by atoms with Crippen LogP contribution in [0.25, 0.3) is 0 Å². The number of ether oxygens (including phenoxy) is 2. The molecule has 1 amide bonds. The molecule has 1 aliphatic heterocycles. The van der Waals surface area contributed by atoms with Crippen LogP contribution in [0.3, 0.4) is 0 Å². The molecule has 1 aromatic rings. The smallest absolute Gasteiger partial charge is 0.414 e. The Morgan fingerprint density at radius 2 is 1.41 bits per heavy atom. The van der Waals surface area contributed by atoms with E-state index in [0.29, 0.717) is 11.8 Å². The number of aliphatic carboxylic acids is 2. The van der Waals surface area contributed by atoms with Crippen LogP contribution in [0.2, 0.25) is 0 Å². The van der Waals surface area contributed by atoms with E-state index < -0.39 is 11.9 Å². The molecular formula is C20H30N2O7. The molecule has 0 atom stereocenters. The predicted molar refractivity (Wildman–Crippen MR) is 106 cm³/mol. The Bertz CT molecular complexity index is 639. The lowest BCUT2D eigenvalue weighted by atomic mass is 10.1. The number of carboxylic acid groups (broad SMARTS) is 2. The first-order chi connectivity index (χ1) is 13.8. The minimum absolute atomic E-state index is 0.0602. The molecule has 1 saturated heterocycles. The van der Waals surface area contributed by atoms with Gasteiger partial charge in [-0.2, -0.15) is 0 Å². The Morgan fingerprint density at radius 1 is 0.931 bits per heavy atom. The van der Waals surface area contributed by atoms with Crippen molar-refractivity contribution in [2.24, 2.45) is 0 Å². The molecule has 162 valence electrons. The SMILES string of the molecule is CCC(CC)N1CCN(C(=O)COc2ccc(OC)cc2)CC1.O=C(O)C(=O)O. The summed E-state index contributed by atoms with van der Waals surface area (Å²) < 4.78 is 10.7. The van der Waals surface area contributed by atoms with Gasteiger partial charge in [0.05, 0.1) is 7.11 Å². The summed E-state index contributed by atoms with van der Waals surface area (Å²) in [5, 5.41) is 14.8. The van der Waals surface area contributed by atoms with Gasteiger partial charge in [0.15, 0.2) is 6.61 Å². The Kier molecular flexibility index (Phi) is 10.5. The molecule has 0 aromatic heterocycles. The molecule has 0 radical (unpaired) electrons. The molecule has 0 saturated carbocycles. The van der Waals surface area contributed by atoms with E-state index in [1.165, 1.54) is 12.8 Å². The number of nitrogens with zero attached hydrogens (tertiary/aromatic N) is 2. The summed E-state index contributed by atoms with van der Waals surface area (Å²) in [5.74, 6) is -2.12. The van der Waals surface area contributed by atoms with Crippen molar-refractivity contribution < 1.29 is 34.1 Å². The Balaban J connectivity index is 0.000000612. The number of carboxylic acids is 2. The summed E-state index contributed by atoms with van der Waals surface area (Å²) in [6, 6.07) is 7.93. The molecule has 0 aliphatic carbocycles. The van der Waals surface area contributed by atoms with Crippen LogP contribution in [-0.2, 0) is 14.4 Å². The van der Waals surface area contributed by atoms with Gasteiger partial charge in [-0.15, -0.1) is 0 Å². The van der Waals surface area contributed by atoms with E-state index in [1.807, 2.05) is 29.2 Å². The van der Waals surface area contributed by atoms with Gasteiger partial charge in [0.1, 0.15) is 11.5 Å². The fourth-order valence-electron chi connectivity index (χ4n) is 3.05. The van der Waals surface area contributed by atoms with Crippen LogP contribution in [0, 0.1) is 0 Å². The highest BCUT2D eigenvalue weighted by Crippen LogP contribution is 2.17. The second-order valence-electron chi connectivity index (χ2n) is 6.46. The zero-order valence-electron chi connectivity index (χ0n) is 17.2. The number of benzene rings is 1. The van der Waals surface area contributed by atoms with Crippen LogP contribution in [0.15, 0.2) is 24.3 Å². The average Bonchev–Trinajstić information content (AvgIpc) is 2.74. The van der Waals surface area contributed by atoms with Crippen molar-refractivity contribution in [2.45, 2.75) is 32.7 Å². The van der Waals surface area contributed by atoms with Crippen LogP contribution in [0.4, 0.5) is 0 Å². The summed E-state index contributed by atoms with van der Waals surface area (Å²) in [6.45, 7) is 8.06. The van der Waals surface area contributed by atoms with Gasteiger partial charge in [-0.1, -0.05) is 13.8 Å². The van der Waals surface area contributed by atoms with Gasteiger partial charge >= 0.3 is 11.9 Å². The van der Waals surface area contributed by atoms with E-state index in [4.69, 9.17) is 29.3 Å². The summed E-state index contributed by atoms with van der Waals surface area (Å²) in [4.78, 5) is 34.9. The minimum Gasteiger partial charge on any atom is -0.497 e. The third-order valence-corrected chi connectivity index (χ3v) is 4.73. The molecule has 29 heavy (non-hydrogen) atoms. The number of carbonyl (C=O) groups excluding carboxylic acids is 1. The maximum absolute atomic E-state index is 12.3. The zero-order valence-corrected chi connectivity index (χ0v) is 17.2. The van der Waals surface area contributed by atoms with Gasteiger partial charge in [0, 0.05) is 32.2 Å². The van der Waals surface area contributed by atoms with E-state index in [1.54, 1.807) is 7.11 Å². The largest absolute Gasteiger partial charge is 0.497 e. The summed E-state index contributed by atoms with van der Waals surface area (Å²) in [7, 11) is 1.63. The highest BCUT2D eigenvalue weighted by molar-refractivity contribution is 6.27. The number of rotatable bonds is 7. The van der Waals surface area contributed by atoms with E-state index >= 15 is 0 Å². The molecule has 2 N–H and O–H groups in total. The lowest BCUT2D eigenvalue weighted by Gasteiger charge is -2.38. The number of hydrogen-bond acceptors (Lipinski definition) is 6. The molecule has 1 fully saturated rings. The topological polar surface area (TPSA) is 117 Å². The zero-order chi connectivity index (χ0) is 21.8. The van der Waals surface area contributed by atoms with Gasteiger partial charge in [0.2, 0.25) is 0 Å². The maximum atomic E-state index is 12.3. The van der Waals surface area contributed by atoms with Crippen molar-refractivity contribution in [3.63, 3.8) is 0 Å². The standard InChI is InChI=1S/C18H28N2O3.C2H2O4/c1-4-15(5-2)19-10-12-20(13-11-19)18(21)14-23-17-8-6-16(22-3)7-9-17;3-1(4)2(5)6/h6-9,15H,4-5,10-14H2,1-3H3;(H,3,4)(H,5,6). The fourth-order valence-corrected chi connectivity index (χ4v) is 3.05. The molecule has 9 nitrogen and oxygen atoms in total. The third kappa shape index (κ3) is 8.39. The van der Waals surface area contributed by atoms with Gasteiger partial charge in [0.25, 0.3) is 5.91 Å². The van der Waals surface area contributed by atoms with Crippen LogP contribution < -0.4 is 9.47 Å². The fraction of sp³-hybridized carbons (Fsp3) is 0.550. The number of amides is 1. The minimum atomic E-state index is -1.82. The quantitative estimate of drug-likeness (QED) is 0.651. The molecule has 1 aliphatic rings. The molecule has 2 rings (SSSR count). The predicted octanol–water partition coefficient (Wildman–Crippen LogP) is 1.56. The molecule has 0 bridgehead atoms. The second-order valence-corrected chi connectivity index (χ2v) is 6.46. The van der Waals surface area contributed by atoms with E-state index in [-0.39, 0.29) is 12.5 Å². The van der Waals surface area contributed by atoms with Crippen molar-refractivity contribution in [3.8, 4) is 11.5 Å². The molecule has 0 spiro atoms. The molecule has 1 heterocycles. The van der Waals surface area contributed by atoms with Crippen LogP contribution in [0.5, 0.6) is 11.5 Å². The molecule has 0 unspecified atom stereocenters. The van der Waals surface area contributed by atoms with Crippen LogP contribution >= 0.6 is 0 Å². The summed E-state index contributed by atoms with van der Waals surface area (Å²) >= 11 is 0. The first-order valence-corrected chi connectivity index (χ1v) is 9.57. The van der Waals surface area contributed by atoms with Gasteiger partial charge < -0.3 is 24.6 Å². The van der Waals surface area contributed by atoms with Crippen molar-refractivity contribution >= 4 is 17.8 Å². The Labute approximate surface area is 170 Å². The van der Waals surface area contributed by atoms with Crippen molar-refractivity contribution in [1.82, 2.24) is 9.80 Å². The number of piperazine rings is 1. The average molecular weight is 410 g/mol. The second kappa shape index (κ2) is 12.6. The molecular weight excluding hydrogens is 380 g/mol. The monoisotopic (exact) mass is 410 g/mol. The van der Waals surface area contributed by atoms with Gasteiger partial charge in [-0.05, 0) is 37.1 Å². The molecule has 9 heteroatoms. The first kappa shape index (κ1) is 24.2. The van der Waals surface area contributed by atoms with E-state index in [2.05, 4.69) is 18.7 Å². The van der Waals surface area contributed by atoms with Gasteiger partial charge in [-0.25, -0.2) is 9.59 Å². The third-order valence-electron chi connectivity index (χ3n) is 4.73. The van der Waals surface area contributed by atoms with Crippen LogP contribution in [0.1, 0.15) is 26.7 Å². The highest BCUT2D eigenvalue weighted by atomic mass is 16.5. The maximum Gasteiger partial charge on any atom is 0.414 e. The lowest BCUT2D eigenvalue weighted by Crippen LogP contribution is -2.52. The van der Waals surface area contributed by atoms with Gasteiger partial charge in [-0.3, -0.25) is 9.69 Å². The van der Waals surface area contributed by atoms with E-state index in [9.17, 15) is 4.79 Å². The van der Waals surface area contributed by atoms with Crippen molar-refractivity contribution in [3.05, 3.63) is 24.3 Å². The number of methoxy groups -OCH3 is 1. The van der Waals surface area contributed by atoms with E-state index in [0.717, 1.165) is 31.9 Å².